The molecule has 2 fully saturated rings. The number of oxime groups is 1. The van der Waals surface area contributed by atoms with Crippen molar-refractivity contribution in [2.45, 2.75) is 63.8 Å². The molecule has 0 bridgehead atoms. The number of nitrogens with zero attached hydrogens (tertiary/aromatic N) is 6. The molecule has 3 aromatic carbocycles. The molecule has 5 aliphatic rings. The Labute approximate surface area is 578 Å². The highest BCUT2D eigenvalue weighted by molar-refractivity contribution is 6.13. The number of nitrogens with one attached hydrogen (secondary N) is 1. The van der Waals surface area contributed by atoms with E-state index in [0.29, 0.717) is 248 Å². The van der Waals surface area contributed by atoms with E-state index in [-0.39, 0.29) is 68.0 Å². The van der Waals surface area contributed by atoms with Gasteiger partial charge < -0.3 is 91.0 Å². The number of aliphatic imine (C=N–C) groups is 2. The van der Waals surface area contributed by atoms with Crippen molar-refractivity contribution in [3.8, 4) is 23.0 Å². The fourth-order valence-corrected chi connectivity index (χ4v) is 10.8. The number of amides is 5. The maximum Gasteiger partial charge on any atom is 0.257 e. The van der Waals surface area contributed by atoms with E-state index in [2.05, 4.69) is 33.6 Å². The second kappa shape index (κ2) is 43.5. The summed E-state index contributed by atoms with van der Waals surface area (Å²) in [6.07, 6.45) is 11.5. The Morgan fingerprint density at radius 1 is 0.505 bits per heavy atom. The van der Waals surface area contributed by atoms with Gasteiger partial charge in [0.05, 0.1) is 200 Å². The molecule has 99 heavy (non-hydrogen) atoms. The number of unbranched alkanes of at least 4 members (excludes halogenated alkanes) is 2. The van der Waals surface area contributed by atoms with Gasteiger partial charge in [-0.05, 0) is 72.7 Å². The molecule has 0 aromatic heterocycles. The first-order valence-corrected chi connectivity index (χ1v) is 33.6. The standard InChI is InChI=1S/C71H95N7O21/c1-52-36-57-46-73-61-43-65(63(84-3)41-59(61)70(82)77(57)48-52)97-50-55-38-54(39-56(40-55)51-98-66-44-62-60(42-64(66)85-4)71(83)78-49-53(2)37-58(78)47-74-62)45-75-99-35-34-96-33-32-95-31-30-94-29-28-93-27-26-92-25-24-91-23-22-90-21-20-89-19-18-88-17-16-87-15-14-86-13-11-72-67(79)8-6-5-7-12-76-68(80)9-10-69(76)81/h9-10,38-47,57-58H,1-2,5-8,11-37,48-51H2,3-4H3,(H,72,79)/b75-45-/t57-,58?/m0/s1. The molecule has 3 aromatic rings. The van der Waals surface area contributed by atoms with Crippen LogP contribution >= 0.6 is 0 Å². The molecule has 0 aliphatic carbocycles. The molecule has 28 nitrogen and oxygen atoms in total. The molecule has 8 rings (SSSR count). The average Bonchev–Trinajstić information content (AvgIpc) is 1.31. The third-order valence-electron chi connectivity index (χ3n) is 15.8. The van der Waals surface area contributed by atoms with Gasteiger partial charge >= 0.3 is 0 Å². The van der Waals surface area contributed by atoms with Gasteiger partial charge in [-0.15, -0.1) is 0 Å². The van der Waals surface area contributed by atoms with Gasteiger partial charge in [0.1, 0.15) is 19.8 Å². The minimum absolute atomic E-state index is 0.0542. The van der Waals surface area contributed by atoms with Gasteiger partial charge in [0.25, 0.3) is 23.6 Å². The van der Waals surface area contributed by atoms with Gasteiger partial charge in [0.2, 0.25) is 5.91 Å². The molecular formula is C71H95N7O21. The summed E-state index contributed by atoms with van der Waals surface area (Å²) in [5.74, 6) is 0.707. The second-order valence-corrected chi connectivity index (χ2v) is 23.3. The molecule has 1 unspecified atom stereocenters. The number of carbonyl (C=O) groups excluding carboxylic acids is 5. The first-order chi connectivity index (χ1) is 48.5. The maximum absolute atomic E-state index is 13.6. The van der Waals surface area contributed by atoms with Crippen LogP contribution in [0, 0.1) is 0 Å². The number of rotatable bonds is 52. The molecule has 5 heterocycles. The van der Waals surface area contributed by atoms with Crippen LogP contribution in [0.2, 0.25) is 0 Å². The fraction of sp³-hybridized carbons (Fsp3) is 0.549. The Morgan fingerprint density at radius 3 is 1.30 bits per heavy atom. The minimum Gasteiger partial charge on any atom is -0.493 e. The minimum atomic E-state index is -0.280. The van der Waals surface area contributed by atoms with Crippen molar-refractivity contribution < 1.29 is 99.9 Å². The Morgan fingerprint density at radius 2 is 0.899 bits per heavy atom. The predicted octanol–water partition coefficient (Wildman–Crippen LogP) is 5.97. The Bertz CT molecular complexity index is 3080. The van der Waals surface area contributed by atoms with Gasteiger partial charge in [0.15, 0.2) is 23.0 Å². The SMILES string of the molecule is C=C1CC2C=Nc3cc(OCc4cc(/C=N\OCCOCCOCCOCCOCCOCCOCCOCCOCCOCCOCCOCCNC(=O)CCCCCN5C(=O)C=CC5=O)cc(COc5cc6c(cc5OC)C(=O)N5CC(=C)C[C@H]5C=N6)c4)c(OC)cc3C(=O)N2C1. The van der Waals surface area contributed by atoms with Crippen molar-refractivity contribution in [1.29, 1.82) is 0 Å². The predicted molar refractivity (Wildman–Crippen MR) is 364 cm³/mol. The zero-order chi connectivity index (χ0) is 69.7. The lowest BCUT2D eigenvalue weighted by molar-refractivity contribution is -0.137. The van der Waals surface area contributed by atoms with Crippen LogP contribution in [-0.2, 0) is 84.5 Å². The monoisotopic (exact) mass is 1380 g/mol. The van der Waals surface area contributed by atoms with E-state index < -0.39 is 0 Å². The second-order valence-electron chi connectivity index (χ2n) is 23.3. The molecule has 0 radical (unpaired) electrons. The van der Waals surface area contributed by atoms with Gasteiger partial charge in [-0.2, -0.15) is 0 Å². The van der Waals surface area contributed by atoms with Gasteiger partial charge in [-0.3, -0.25) is 38.9 Å². The first kappa shape index (κ1) is 76.7. The molecule has 5 amide bonds. The Hall–Kier alpha value is -8.00. The third-order valence-corrected chi connectivity index (χ3v) is 15.8. The zero-order valence-electron chi connectivity index (χ0n) is 57.0. The van der Waals surface area contributed by atoms with Gasteiger partial charge in [-0.25, -0.2) is 0 Å². The van der Waals surface area contributed by atoms with Crippen LogP contribution in [-0.4, -0.2) is 267 Å². The number of carbonyl (C=O) groups is 5. The van der Waals surface area contributed by atoms with Gasteiger partial charge in [-0.1, -0.05) is 35.9 Å². The number of hydrogen-bond acceptors (Lipinski definition) is 24. The molecule has 5 aliphatic heterocycles. The summed E-state index contributed by atoms with van der Waals surface area (Å²) in [7, 11) is 3.05. The molecule has 2 saturated heterocycles. The largest absolute Gasteiger partial charge is 0.493 e. The lowest BCUT2D eigenvalue weighted by atomic mass is 10.1. The molecule has 0 saturated carbocycles. The van der Waals surface area contributed by atoms with E-state index in [1.54, 1.807) is 52.7 Å². The summed E-state index contributed by atoms with van der Waals surface area (Å²) in [6.45, 7) is 19.6. The molecule has 2 atom stereocenters. The first-order valence-electron chi connectivity index (χ1n) is 33.6. The summed E-state index contributed by atoms with van der Waals surface area (Å²) >= 11 is 0. The zero-order valence-corrected chi connectivity index (χ0v) is 57.0. The van der Waals surface area contributed by atoms with E-state index in [4.69, 9.17) is 75.9 Å². The quantitative estimate of drug-likeness (QED) is 0.0224. The molecule has 1 N–H and O–H groups in total. The van der Waals surface area contributed by atoms with Crippen LogP contribution < -0.4 is 24.3 Å². The summed E-state index contributed by atoms with van der Waals surface area (Å²) in [6, 6.07) is 12.3. The number of methoxy groups -OCH3 is 2. The van der Waals surface area contributed by atoms with E-state index >= 15 is 0 Å². The van der Waals surface area contributed by atoms with Crippen LogP contribution in [0.25, 0.3) is 0 Å². The van der Waals surface area contributed by atoms with Crippen LogP contribution in [0.15, 0.2) is 94.1 Å². The normalized spacial score (nSPS) is 16.2. The summed E-state index contributed by atoms with van der Waals surface area (Å²) < 4.78 is 85.4. The Kier molecular flexibility index (Phi) is 33.7. The third kappa shape index (κ3) is 26.2. The number of benzene rings is 3. The topological polar surface area (TPSA) is 292 Å². The average molecular weight is 1380 g/mol. The summed E-state index contributed by atoms with van der Waals surface area (Å²) in [4.78, 5) is 82.0. The number of imide groups is 1. The van der Waals surface area contributed by atoms with Crippen LogP contribution in [0.1, 0.15) is 75.9 Å². The Balaban J connectivity index is 0.595. The molecule has 540 valence electrons. The van der Waals surface area contributed by atoms with E-state index in [9.17, 15) is 24.0 Å². The van der Waals surface area contributed by atoms with Crippen LogP contribution in [0.3, 0.4) is 0 Å². The lowest BCUT2D eigenvalue weighted by Crippen LogP contribution is -2.35. The number of hydrogen-bond donors (Lipinski definition) is 1. The highest BCUT2D eigenvalue weighted by Crippen LogP contribution is 2.41. The molecule has 28 heteroatoms. The van der Waals surface area contributed by atoms with Crippen molar-refractivity contribution >= 4 is 59.6 Å². The number of fused-ring (bicyclic) bond motifs is 4. The van der Waals surface area contributed by atoms with Gasteiger partial charge in [0, 0.05) is 69.3 Å². The summed E-state index contributed by atoms with van der Waals surface area (Å²) in [5.41, 5.74) is 6.04. The van der Waals surface area contributed by atoms with Crippen molar-refractivity contribution in [2.24, 2.45) is 15.1 Å². The van der Waals surface area contributed by atoms with E-state index in [0.717, 1.165) is 28.7 Å². The lowest BCUT2D eigenvalue weighted by Gasteiger charge is -2.20. The highest BCUT2D eigenvalue weighted by Gasteiger charge is 2.36. The maximum atomic E-state index is 13.6. The fourth-order valence-electron chi connectivity index (χ4n) is 10.8. The number of ether oxygens (including phenoxy) is 15. The summed E-state index contributed by atoms with van der Waals surface area (Å²) in [5, 5.41) is 7.04. The molecular weight excluding hydrogens is 1290 g/mol. The van der Waals surface area contributed by atoms with Crippen molar-refractivity contribution in [3.63, 3.8) is 0 Å². The van der Waals surface area contributed by atoms with Crippen molar-refractivity contribution in [1.82, 2.24) is 20.0 Å². The van der Waals surface area contributed by atoms with Crippen LogP contribution in [0.5, 0.6) is 23.0 Å². The smallest absolute Gasteiger partial charge is 0.257 e. The van der Waals surface area contributed by atoms with Crippen LogP contribution in [0.4, 0.5) is 11.4 Å². The van der Waals surface area contributed by atoms with Crippen molar-refractivity contribution in [3.05, 3.63) is 107 Å². The van der Waals surface area contributed by atoms with Crippen molar-refractivity contribution in [2.75, 3.05) is 192 Å². The van der Waals surface area contributed by atoms with E-state index in [1.807, 2.05) is 18.2 Å². The molecule has 0 spiro atoms. The van der Waals surface area contributed by atoms with E-state index in [1.165, 1.54) is 31.3 Å². The highest BCUT2D eigenvalue weighted by atomic mass is 16.6.